The van der Waals surface area contributed by atoms with Crippen molar-refractivity contribution in [3.63, 3.8) is 0 Å². The summed E-state index contributed by atoms with van der Waals surface area (Å²) in [6, 6.07) is 0.561. The molecule has 0 bridgehead atoms. The number of rotatable bonds is 9. The highest BCUT2D eigenvalue weighted by Gasteiger charge is 2.40. The molecule has 0 amide bonds. The first-order valence-corrected chi connectivity index (χ1v) is 8.08. The van der Waals surface area contributed by atoms with E-state index in [1.165, 1.54) is 6.26 Å². The molecule has 0 spiro atoms. The van der Waals surface area contributed by atoms with Crippen LogP contribution in [0.15, 0.2) is 19.9 Å². The van der Waals surface area contributed by atoms with Gasteiger partial charge in [0.25, 0.3) is 0 Å². The maximum atomic E-state index is 10.8. The van der Waals surface area contributed by atoms with E-state index in [4.69, 9.17) is 17.7 Å². The van der Waals surface area contributed by atoms with Crippen molar-refractivity contribution in [1.29, 1.82) is 0 Å². The van der Waals surface area contributed by atoms with Gasteiger partial charge in [-0.25, -0.2) is 4.79 Å². The summed E-state index contributed by atoms with van der Waals surface area (Å²) < 4.78 is 26.5. The van der Waals surface area contributed by atoms with Gasteiger partial charge in [-0.3, -0.25) is 0 Å². The standard InChI is InChI=1S/C11H20O6Si/c1-4-14-18(15-5-2,16-6-3)8-7-10-9-13-11(12)17-10/h9H,4-8H2,1-3H3. The zero-order chi connectivity index (χ0) is 13.4. The fraction of sp³-hybridized carbons (Fsp3) is 0.727. The third-order valence-electron chi connectivity index (χ3n) is 2.27. The second-order valence-electron chi connectivity index (χ2n) is 3.54. The van der Waals surface area contributed by atoms with Crippen molar-refractivity contribution in [3.05, 3.63) is 22.6 Å². The van der Waals surface area contributed by atoms with Gasteiger partial charge in [-0.15, -0.1) is 0 Å². The molecule has 0 radical (unpaired) electrons. The Kier molecular flexibility index (Phi) is 6.34. The fourth-order valence-electron chi connectivity index (χ4n) is 1.66. The molecule has 0 N–H and O–H groups in total. The van der Waals surface area contributed by atoms with Crippen molar-refractivity contribution in [3.8, 4) is 0 Å². The van der Waals surface area contributed by atoms with Gasteiger partial charge in [0.15, 0.2) is 0 Å². The number of hydrogen-bond donors (Lipinski definition) is 0. The number of hydrogen-bond acceptors (Lipinski definition) is 6. The topological polar surface area (TPSA) is 71.0 Å². The lowest BCUT2D eigenvalue weighted by Crippen LogP contribution is -2.46. The minimum Gasteiger partial charge on any atom is -0.399 e. The van der Waals surface area contributed by atoms with Crippen molar-refractivity contribution in [2.75, 3.05) is 19.8 Å². The summed E-state index contributed by atoms with van der Waals surface area (Å²) in [7, 11) is -2.67. The summed E-state index contributed by atoms with van der Waals surface area (Å²) in [5.41, 5.74) is 0. The molecule has 0 aliphatic carbocycles. The molecule has 1 aromatic rings. The Balaban J connectivity index is 2.66. The molecule has 0 unspecified atom stereocenters. The first-order chi connectivity index (χ1) is 8.65. The summed E-state index contributed by atoms with van der Waals surface area (Å²) >= 11 is 0. The van der Waals surface area contributed by atoms with Gasteiger partial charge in [-0.1, -0.05) is 0 Å². The molecule has 7 heteroatoms. The van der Waals surface area contributed by atoms with E-state index in [9.17, 15) is 4.79 Å². The molecule has 1 rings (SSSR count). The van der Waals surface area contributed by atoms with E-state index in [1.807, 2.05) is 20.8 Å². The molecule has 0 atom stereocenters. The molecule has 1 heterocycles. The van der Waals surface area contributed by atoms with Crippen LogP contribution in [-0.2, 0) is 19.7 Å². The third-order valence-corrected chi connectivity index (χ3v) is 5.32. The molecule has 0 aromatic carbocycles. The molecular weight excluding hydrogens is 256 g/mol. The van der Waals surface area contributed by atoms with Crippen LogP contribution in [0.4, 0.5) is 0 Å². The second-order valence-corrected chi connectivity index (χ2v) is 6.27. The highest BCUT2D eigenvalue weighted by molar-refractivity contribution is 6.60. The number of aryl methyl sites for hydroxylation is 1. The van der Waals surface area contributed by atoms with Crippen LogP contribution >= 0.6 is 0 Å². The first-order valence-electron chi connectivity index (χ1n) is 6.15. The second kappa shape index (κ2) is 7.52. The predicted octanol–water partition coefficient (Wildman–Crippen LogP) is 1.82. The Morgan fingerprint density at radius 3 is 2.06 bits per heavy atom. The minimum atomic E-state index is -2.67. The third kappa shape index (κ3) is 4.41. The van der Waals surface area contributed by atoms with Crippen LogP contribution in [0.5, 0.6) is 0 Å². The molecule has 0 aliphatic rings. The van der Waals surface area contributed by atoms with E-state index in [1.54, 1.807) is 0 Å². The first kappa shape index (κ1) is 15.2. The van der Waals surface area contributed by atoms with Crippen LogP contribution in [0.3, 0.4) is 0 Å². The minimum absolute atomic E-state index is 0.482. The maximum absolute atomic E-state index is 10.8. The molecule has 0 saturated carbocycles. The van der Waals surface area contributed by atoms with Crippen molar-refractivity contribution in [1.82, 2.24) is 0 Å². The van der Waals surface area contributed by atoms with Crippen molar-refractivity contribution in [2.24, 2.45) is 0 Å². The SMILES string of the molecule is CCO[Si](CCc1coc(=O)o1)(OCC)OCC. The van der Waals surface area contributed by atoms with E-state index >= 15 is 0 Å². The van der Waals surface area contributed by atoms with E-state index in [0.29, 0.717) is 38.0 Å². The summed E-state index contributed by atoms with van der Waals surface area (Å²) in [6.45, 7) is 7.29. The monoisotopic (exact) mass is 276 g/mol. The molecule has 0 saturated heterocycles. The summed E-state index contributed by atoms with van der Waals surface area (Å²) in [4.78, 5) is 10.8. The van der Waals surface area contributed by atoms with Gasteiger partial charge in [0.1, 0.15) is 12.0 Å². The van der Waals surface area contributed by atoms with Crippen molar-refractivity contribution >= 4 is 8.80 Å². The Hall–Kier alpha value is -0.893. The molecule has 18 heavy (non-hydrogen) atoms. The van der Waals surface area contributed by atoms with Gasteiger partial charge in [0.05, 0.1) is 0 Å². The Morgan fingerprint density at radius 1 is 1.11 bits per heavy atom. The largest absolute Gasteiger partial charge is 0.518 e. The van der Waals surface area contributed by atoms with E-state index < -0.39 is 14.6 Å². The Bertz CT molecular complexity index is 368. The van der Waals surface area contributed by atoms with Crippen LogP contribution < -0.4 is 5.82 Å². The Morgan fingerprint density at radius 2 is 1.67 bits per heavy atom. The van der Waals surface area contributed by atoms with Gasteiger partial charge in [-0.2, -0.15) is 0 Å². The summed E-state index contributed by atoms with van der Waals surface area (Å²) in [5, 5.41) is 0. The van der Waals surface area contributed by atoms with E-state index in [2.05, 4.69) is 4.42 Å². The smallest absolute Gasteiger partial charge is 0.399 e. The van der Waals surface area contributed by atoms with Crippen LogP contribution in [0.2, 0.25) is 6.04 Å². The summed E-state index contributed by atoms with van der Waals surface area (Å²) in [6.07, 6.45) is 1.81. The van der Waals surface area contributed by atoms with Crippen molar-refractivity contribution < 1.29 is 22.1 Å². The van der Waals surface area contributed by atoms with Crippen LogP contribution in [0, 0.1) is 0 Å². The highest BCUT2D eigenvalue weighted by Crippen LogP contribution is 2.18. The lowest BCUT2D eigenvalue weighted by molar-refractivity contribution is 0.0710. The molecule has 6 nitrogen and oxygen atoms in total. The van der Waals surface area contributed by atoms with E-state index in [0.717, 1.165) is 0 Å². The van der Waals surface area contributed by atoms with Crippen LogP contribution in [0.25, 0.3) is 0 Å². The molecule has 0 fully saturated rings. The van der Waals surface area contributed by atoms with Crippen LogP contribution in [-0.4, -0.2) is 28.6 Å². The lowest BCUT2D eigenvalue weighted by atomic mass is 10.4. The average molecular weight is 276 g/mol. The zero-order valence-corrected chi connectivity index (χ0v) is 12.1. The van der Waals surface area contributed by atoms with Crippen molar-refractivity contribution in [2.45, 2.75) is 33.2 Å². The van der Waals surface area contributed by atoms with Gasteiger partial charge in [-0.05, 0) is 20.8 Å². The van der Waals surface area contributed by atoms with Gasteiger partial charge >= 0.3 is 14.6 Å². The highest BCUT2D eigenvalue weighted by atomic mass is 28.4. The Labute approximate surface area is 107 Å². The quantitative estimate of drug-likeness (QED) is 0.641. The molecular formula is C11H20O6Si. The lowest BCUT2D eigenvalue weighted by Gasteiger charge is -2.28. The van der Waals surface area contributed by atoms with Gasteiger partial charge in [0, 0.05) is 32.3 Å². The van der Waals surface area contributed by atoms with Gasteiger partial charge in [0.2, 0.25) is 0 Å². The normalized spacial score (nSPS) is 11.9. The molecule has 104 valence electrons. The van der Waals surface area contributed by atoms with E-state index in [-0.39, 0.29) is 0 Å². The predicted molar refractivity (Wildman–Crippen MR) is 66.4 cm³/mol. The fourth-order valence-corrected chi connectivity index (χ4v) is 4.21. The van der Waals surface area contributed by atoms with Gasteiger partial charge < -0.3 is 22.1 Å². The summed E-state index contributed by atoms with van der Waals surface area (Å²) in [5.74, 6) is -0.211. The molecule has 1 aromatic heterocycles. The maximum Gasteiger partial charge on any atom is 0.518 e. The van der Waals surface area contributed by atoms with Crippen LogP contribution in [0.1, 0.15) is 26.5 Å². The zero-order valence-electron chi connectivity index (χ0n) is 11.1. The molecule has 0 aliphatic heterocycles. The average Bonchev–Trinajstić information content (AvgIpc) is 2.74.